The van der Waals surface area contributed by atoms with Crippen LogP contribution in [0.3, 0.4) is 0 Å². The highest BCUT2D eigenvalue weighted by Gasteiger charge is 2.60. The molecular formula is C5H6ClF3O3. The van der Waals surface area contributed by atoms with E-state index in [0.29, 0.717) is 0 Å². The van der Waals surface area contributed by atoms with E-state index < -0.39 is 23.1 Å². The van der Waals surface area contributed by atoms with Crippen molar-refractivity contribution in [3.05, 3.63) is 0 Å². The lowest BCUT2D eigenvalue weighted by atomic mass is 9.99. The molecule has 0 amide bonds. The third kappa shape index (κ3) is 1.64. The molecule has 0 aromatic rings. The number of aliphatic hydroxyl groups is 1. The summed E-state index contributed by atoms with van der Waals surface area (Å²) in [5.41, 5.74) is -6.75. The smallest absolute Gasteiger partial charge is 0.342 e. The minimum atomic E-state index is -4.53. The van der Waals surface area contributed by atoms with Gasteiger partial charge in [0, 0.05) is 0 Å². The average Bonchev–Trinajstić information content (AvgIpc) is 1.86. The van der Waals surface area contributed by atoms with Gasteiger partial charge < -0.3 is 10.2 Å². The van der Waals surface area contributed by atoms with E-state index in [2.05, 4.69) is 11.6 Å². The van der Waals surface area contributed by atoms with Crippen molar-refractivity contribution in [1.82, 2.24) is 0 Å². The molecule has 2 atom stereocenters. The fourth-order valence-electron chi connectivity index (χ4n) is 0.355. The molecule has 0 bridgehead atoms. The summed E-state index contributed by atoms with van der Waals surface area (Å²) < 4.78 is 36.8. The highest BCUT2D eigenvalue weighted by molar-refractivity contribution is 6.20. The summed E-state index contributed by atoms with van der Waals surface area (Å²) in [5.74, 6) is -6.77. The Hall–Kier alpha value is -0.490. The first-order valence-electron chi connectivity index (χ1n) is 2.75. The van der Waals surface area contributed by atoms with E-state index in [1.54, 1.807) is 0 Å². The molecule has 0 aromatic carbocycles. The Morgan fingerprint density at radius 1 is 1.58 bits per heavy atom. The van der Waals surface area contributed by atoms with Crippen molar-refractivity contribution < 1.29 is 28.2 Å². The van der Waals surface area contributed by atoms with Gasteiger partial charge >= 0.3 is 11.9 Å². The zero-order chi connectivity index (χ0) is 10.2. The quantitative estimate of drug-likeness (QED) is 0.677. The van der Waals surface area contributed by atoms with E-state index in [-0.39, 0.29) is 6.92 Å². The Labute approximate surface area is 70.7 Å². The van der Waals surface area contributed by atoms with Crippen LogP contribution in [0, 0.1) is 0 Å². The van der Waals surface area contributed by atoms with Gasteiger partial charge in [0.25, 0.3) is 0 Å². The summed E-state index contributed by atoms with van der Waals surface area (Å²) in [6.45, 7) is 0.268. The fraction of sp³-hybridized carbons (Fsp3) is 0.800. The van der Waals surface area contributed by atoms with Gasteiger partial charge in [-0.2, -0.15) is 8.78 Å². The van der Waals surface area contributed by atoms with Crippen molar-refractivity contribution in [1.29, 1.82) is 0 Å². The Balaban J connectivity index is 4.88. The van der Waals surface area contributed by atoms with Crippen LogP contribution in [0.1, 0.15) is 6.92 Å². The predicted octanol–water partition coefficient (Wildman–Crippen LogP) is 0.992. The topological polar surface area (TPSA) is 57.5 Å². The highest BCUT2D eigenvalue weighted by Crippen LogP contribution is 2.35. The number of carbonyl (C=O) groups is 1. The van der Waals surface area contributed by atoms with Gasteiger partial charge in [0.2, 0.25) is 11.2 Å². The summed E-state index contributed by atoms with van der Waals surface area (Å²) >= 11 is 4.36. The molecule has 72 valence electrons. The van der Waals surface area contributed by atoms with E-state index >= 15 is 0 Å². The molecule has 0 aliphatic rings. The van der Waals surface area contributed by atoms with Crippen molar-refractivity contribution >= 4 is 17.6 Å². The van der Waals surface area contributed by atoms with Crippen LogP contribution >= 0.6 is 11.6 Å². The maximum Gasteiger partial charge on any atom is 0.342 e. The minimum Gasteiger partial charge on any atom is -0.479 e. The minimum absolute atomic E-state index is 0.268. The van der Waals surface area contributed by atoms with Crippen molar-refractivity contribution in [2.24, 2.45) is 0 Å². The molecule has 0 aromatic heterocycles. The molecule has 7 heteroatoms. The number of hydrogen-bond acceptors (Lipinski definition) is 2. The molecule has 0 saturated carbocycles. The van der Waals surface area contributed by atoms with Crippen LogP contribution in [0.15, 0.2) is 0 Å². The second kappa shape index (κ2) is 3.10. The van der Waals surface area contributed by atoms with Crippen LogP contribution in [0.2, 0.25) is 0 Å². The Morgan fingerprint density at radius 2 is 1.92 bits per heavy atom. The zero-order valence-corrected chi connectivity index (χ0v) is 6.65. The van der Waals surface area contributed by atoms with E-state index in [1.807, 2.05) is 0 Å². The lowest BCUT2D eigenvalue weighted by Crippen LogP contribution is -2.55. The number of halogens is 4. The predicted molar refractivity (Wildman–Crippen MR) is 34.0 cm³/mol. The maximum absolute atomic E-state index is 12.4. The van der Waals surface area contributed by atoms with Crippen LogP contribution in [-0.2, 0) is 4.79 Å². The van der Waals surface area contributed by atoms with E-state index in [9.17, 15) is 18.0 Å². The van der Waals surface area contributed by atoms with Gasteiger partial charge in [-0.15, -0.1) is 0 Å². The van der Waals surface area contributed by atoms with Crippen LogP contribution in [-0.4, -0.2) is 33.3 Å². The Bertz CT molecular complexity index is 192. The molecular weight excluding hydrogens is 200 g/mol. The molecule has 0 rings (SSSR count). The Morgan fingerprint density at radius 3 is 2.00 bits per heavy atom. The standard InChI is InChI=1S/C5H6ClF3O3/c1-4(12,3(10)11)5(8,9)2(6)7/h2,12H,1H3,(H,10,11). The summed E-state index contributed by atoms with van der Waals surface area (Å²) in [6.07, 6.45) is 0. The van der Waals surface area contributed by atoms with Crippen LogP contribution in [0.4, 0.5) is 13.2 Å². The fourth-order valence-corrected chi connectivity index (χ4v) is 0.567. The number of carboxylic acids is 1. The zero-order valence-electron chi connectivity index (χ0n) is 5.89. The molecule has 0 saturated heterocycles. The van der Waals surface area contributed by atoms with E-state index in [1.165, 1.54) is 0 Å². The largest absolute Gasteiger partial charge is 0.479 e. The van der Waals surface area contributed by atoms with Crippen molar-refractivity contribution in [2.45, 2.75) is 24.1 Å². The third-order valence-electron chi connectivity index (χ3n) is 1.34. The molecule has 0 radical (unpaired) electrons. The molecule has 0 aliphatic carbocycles. The number of carboxylic acid groups (broad SMARTS) is 1. The van der Waals surface area contributed by atoms with Crippen molar-refractivity contribution in [2.75, 3.05) is 0 Å². The normalized spacial score (nSPS) is 19.8. The Kier molecular flexibility index (Phi) is 2.97. The summed E-state index contributed by atoms with van der Waals surface area (Å²) in [4.78, 5) is 10.0. The number of rotatable bonds is 3. The first kappa shape index (κ1) is 11.5. The molecule has 0 spiro atoms. The summed E-state index contributed by atoms with van der Waals surface area (Å²) in [5, 5.41) is 16.7. The van der Waals surface area contributed by atoms with Gasteiger partial charge in [-0.3, -0.25) is 0 Å². The van der Waals surface area contributed by atoms with Crippen molar-refractivity contribution in [3.63, 3.8) is 0 Å². The number of aliphatic carboxylic acids is 1. The van der Waals surface area contributed by atoms with Gasteiger partial charge in [-0.05, 0) is 6.92 Å². The number of alkyl halides is 4. The lowest BCUT2D eigenvalue weighted by Gasteiger charge is -2.28. The van der Waals surface area contributed by atoms with Crippen LogP contribution in [0.5, 0.6) is 0 Å². The van der Waals surface area contributed by atoms with Crippen LogP contribution in [0.25, 0.3) is 0 Å². The third-order valence-corrected chi connectivity index (χ3v) is 1.61. The first-order chi connectivity index (χ1) is 5.14. The van der Waals surface area contributed by atoms with Gasteiger partial charge in [0.1, 0.15) is 0 Å². The highest BCUT2D eigenvalue weighted by atomic mass is 35.5. The summed E-state index contributed by atoms with van der Waals surface area (Å²) in [7, 11) is 0. The monoisotopic (exact) mass is 206 g/mol. The average molecular weight is 207 g/mol. The maximum atomic E-state index is 12.4. The van der Waals surface area contributed by atoms with Crippen molar-refractivity contribution in [3.8, 4) is 0 Å². The molecule has 0 heterocycles. The lowest BCUT2D eigenvalue weighted by molar-refractivity contribution is -0.210. The van der Waals surface area contributed by atoms with Gasteiger partial charge in [0.15, 0.2) is 0 Å². The van der Waals surface area contributed by atoms with Gasteiger partial charge in [-0.1, -0.05) is 11.6 Å². The molecule has 0 fully saturated rings. The van der Waals surface area contributed by atoms with Crippen LogP contribution < -0.4 is 0 Å². The first-order valence-corrected chi connectivity index (χ1v) is 3.19. The molecule has 2 unspecified atom stereocenters. The SMILES string of the molecule is CC(O)(C(=O)O)C(F)(F)C(F)Cl. The number of hydrogen-bond donors (Lipinski definition) is 2. The van der Waals surface area contributed by atoms with E-state index in [4.69, 9.17) is 10.2 Å². The van der Waals surface area contributed by atoms with E-state index in [0.717, 1.165) is 0 Å². The second-order valence-electron chi connectivity index (χ2n) is 2.30. The van der Waals surface area contributed by atoms with Gasteiger partial charge in [-0.25, -0.2) is 9.18 Å². The van der Waals surface area contributed by atoms with Gasteiger partial charge in [0.05, 0.1) is 0 Å². The molecule has 12 heavy (non-hydrogen) atoms. The summed E-state index contributed by atoms with van der Waals surface area (Å²) in [6, 6.07) is 0. The second-order valence-corrected chi connectivity index (χ2v) is 2.68. The molecule has 0 aliphatic heterocycles. The molecule has 2 N–H and O–H groups in total. The molecule has 3 nitrogen and oxygen atoms in total.